The minimum atomic E-state index is 0.209. The number of aryl methyl sites for hydroxylation is 2. The number of hydrogen-bond donors (Lipinski definition) is 1. The van der Waals surface area contributed by atoms with E-state index in [9.17, 15) is 0 Å². The Hall–Kier alpha value is -0.540. The molecule has 1 fully saturated rings. The molecule has 1 aromatic carbocycles. The minimum Gasteiger partial charge on any atom is -0.365 e. The largest absolute Gasteiger partial charge is 0.365 e. The third kappa shape index (κ3) is 3.45. The van der Waals surface area contributed by atoms with Crippen molar-refractivity contribution in [1.82, 2.24) is 5.32 Å². The Morgan fingerprint density at radius 2 is 1.90 bits per heavy atom. The summed E-state index contributed by atoms with van der Waals surface area (Å²) in [6.45, 7) is 15.8. The number of piperazine rings is 1. The molecule has 2 atom stereocenters. The summed E-state index contributed by atoms with van der Waals surface area (Å²) >= 11 is 3.69. The molecular formula is C18H29BrN2. The van der Waals surface area contributed by atoms with E-state index >= 15 is 0 Å². The van der Waals surface area contributed by atoms with Gasteiger partial charge in [-0.1, -0.05) is 36.7 Å². The molecule has 1 aromatic rings. The van der Waals surface area contributed by atoms with E-state index in [0.29, 0.717) is 12.0 Å². The molecule has 0 radical (unpaired) electrons. The average Bonchev–Trinajstić information content (AvgIpc) is 2.43. The number of halogens is 1. The summed E-state index contributed by atoms with van der Waals surface area (Å²) in [7, 11) is 0. The van der Waals surface area contributed by atoms with Gasteiger partial charge >= 0.3 is 0 Å². The van der Waals surface area contributed by atoms with Gasteiger partial charge in [0.1, 0.15) is 0 Å². The first kappa shape index (κ1) is 16.8. The summed E-state index contributed by atoms with van der Waals surface area (Å²) < 4.78 is 1.24. The molecule has 2 rings (SSSR count). The quantitative estimate of drug-likeness (QED) is 0.850. The van der Waals surface area contributed by atoms with E-state index in [0.717, 1.165) is 19.5 Å². The first-order chi connectivity index (χ1) is 9.77. The van der Waals surface area contributed by atoms with E-state index in [1.54, 1.807) is 0 Å². The van der Waals surface area contributed by atoms with E-state index in [-0.39, 0.29) is 5.54 Å². The first-order valence-electron chi connectivity index (χ1n) is 8.06. The monoisotopic (exact) mass is 352 g/mol. The Morgan fingerprint density at radius 3 is 2.38 bits per heavy atom. The summed E-state index contributed by atoms with van der Waals surface area (Å²) in [5, 5.41) is 3.77. The fraction of sp³-hybridized carbons (Fsp3) is 0.667. The summed E-state index contributed by atoms with van der Waals surface area (Å²) in [6.07, 6.45) is 1.16. The van der Waals surface area contributed by atoms with Crippen LogP contribution >= 0.6 is 15.9 Å². The smallest absolute Gasteiger partial charge is 0.0438 e. The van der Waals surface area contributed by atoms with Crippen LogP contribution in [0.4, 0.5) is 5.69 Å². The predicted molar refractivity (Wildman–Crippen MR) is 96.3 cm³/mol. The van der Waals surface area contributed by atoms with Crippen molar-refractivity contribution in [2.45, 2.75) is 59.5 Å². The molecular weight excluding hydrogens is 324 g/mol. The molecule has 0 aromatic heterocycles. The molecule has 0 amide bonds. The van der Waals surface area contributed by atoms with Crippen LogP contribution in [0.25, 0.3) is 0 Å². The molecule has 0 bridgehead atoms. The summed E-state index contributed by atoms with van der Waals surface area (Å²) in [5.74, 6) is 0.642. The molecule has 0 aliphatic carbocycles. The second-order valence-electron chi connectivity index (χ2n) is 7.13. The van der Waals surface area contributed by atoms with E-state index in [1.165, 1.54) is 21.3 Å². The summed E-state index contributed by atoms with van der Waals surface area (Å²) in [4.78, 5) is 2.62. The van der Waals surface area contributed by atoms with Crippen LogP contribution in [0.2, 0.25) is 0 Å². The van der Waals surface area contributed by atoms with Crippen molar-refractivity contribution in [3.8, 4) is 0 Å². The van der Waals surface area contributed by atoms with Crippen LogP contribution in [-0.2, 0) is 0 Å². The molecule has 0 saturated carbocycles. The lowest BCUT2D eigenvalue weighted by molar-refractivity contribution is 0.253. The van der Waals surface area contributed by atoms with Crippen LogP contribution in [0.5, 0.6) is 0 Å². The van der Waals surface area contributed by atoms with Gasteiger partial charge in [-0.3, -0.25) is 0 Å². The number of hydrogen-bond acceptors (Lipinski definition) is 2. The Morgan fingerprint density at radius 1 is 1.33 bits per heavy atom. The number of nitrogens with one attached hydrogen (secondary N) is 1. The van der Waals surface area contributed by atoms with Crippen LogP contribution < -0.4 is 10.2 Å². The van der Waals surface area contributed by atoms with Crippen LogP contribution in [0.15, 0.2) is 16.6 Å². The second kappa shape index (κ2) is 6.29. The van der Waals surface area contributed by atoms with Gasteiger partial charge in [-0.15, -0.1) is 0 Å². The number of nitrogens with zero attached hydrogens (tertiary/aromatic N) is 1. The van der Waals surface area contributed by atoms with E-state index in [4.69, 9.17) is 0 Å². The van der Waals surface area contributed by atoms with Gasteiger partial charge in [0, 0.05) is 34.8 Å². The molecule has 21 heavy (non-hydrogen) atoms. The van der Waals surface area contributed by atoms with Gasteiger partial charge in [-0.05, 0) is 56.4 Å². The van der Waals surface area contributed by atoms with E-state index in [2.05, 4.69) is 79.8 Å². The van der Waals surface area contributed by atoms with Crippen LogP contribution in [-0.4, -0.2) is 24.7 Å². The van der Waals surface area contributed by atoms with Gasteiger partial charge in [0.25, 0.3) is 0 Å². The van der Waals surface area contributed by atoms with Gasteiger partial charge in [-0.2, -0.15) is 0 Å². The van der Waals surface area contributed by atoms with E-state index < -0.39 is 0 Å². The maximum atomic E-state index is 3.77. The standard InChI is InChI=1S/C18H29BrN2/c1-7-18(6)11-21(16(10-20-18)12(2)3)15-8-13(4)17(19)14(5)9-15/h8-9,12,16,20H,7,10-11H2,1-6H3. The molecule has 3 heteroatoms. The summed E-state index contributed by atoms with van der Waals surface area (Å²) in [5.41, 5.74) is 4.22. The Balaban J connectivity index is 2.40. The Bertz CT molecular complexity index is 489. The molecule has 1 aliphatic heterocycles. The van der Waals surface area contributed by atoms with Gasteiger partial charge in [0.15, 0.2) is 0 Å². The van der Waals surface area contributed by atoms with Crippen LogP contribution in [0.1, 0.15) is 45.2 Å². The van der Waals surface area contributed by atoms with Gasteiger partial charge in [0.05, 0.1) is 0 Å². The van der Waals surface area contributed by atoms with Crippen molar-refractivity contribution >= 4 is 21.6 Å². The van der Waals surface area contributed by atoms with Crippen molar-refractivity contribution in [1.29, 1.82) is 0 Å². The number of rotatable bonds is 3. The normalized spacial score (nSPS) is 26.5. The molecule has 2 unspecified atom stereocenters. The van der Waals surface area contributed by atoms with Crippen molar-refractivity contribution in [3.63, 3.8) is 0 Å². The van der Waals surface area contributed by atoms with Crippen LogP contribution in [0, 0.1) is 19.8 Å². The van der Waals surface area contributed by atoms with Crippen molar-refractivity contribution in [2.24, 2.45) is 5.92 Å². The van der Waals surface area contributed by atoms with Gasteiger partial charge in [0.2, 0.25) is 0 Å². The molecule has 1 N–H and O–H groups in total. The van der Waals surface area contributed by atoms with Crippen LogP contribution in [0.3, 0.4) is 0 Å². The van der Waals surface area contributed by atoms with Crippen molar-refractivity contribution in [2.75, 3.05) is 18.0 Å². The molecule has 1 heterocycles. The zero-order chi connectivity index (χ0) is 15.8. The van der Waals surface area contributed by atoms with Gasteiger partial charge in [-0.25, -0.2) is 0 Å². The lowest BCUT2D eigenvalue weighted by Crippen LogP contribution is -2.64. The maximum absolute atomic E-state index is 3.77. The molecule has 0 spiro atoms. The second-order valence-corrected chi connectivity index (χ2v) is 7.92. The SMILES string of the molecule is CCC1(C)CN(c2cc(C)c(Br)c(C)c2)C(C(C)C)CN1. The average molecular weight is 353 g/mol. The highest BCUT2D eigenvalue weighted by atomic mass is 79.9. The van der Waals surface area contributed by atoms with E-state index in [1.807, 2.05) is 0 Å². The maximum Gasteiger partial charge on any atom is 0.0438 e. The fourth-order valence-corrected chi connectivity index (χ4v) is 3.44. The number of anilines is 1. The highest BCUT2D eigenvalue weighted by Gasteiger charge is 2.36. The highest BCUT2D eigenvalue weighted by molar-refractivity contribution is 9.10. The van der Waals surface area contributed by atoms with Gasteiger partial charge < -0.3 is 10.2 Å². The molecule has 1 saturated heterocycles. The predicted octanol–water partition coefficient (Wildman–Crippen LogP) is 4.67. The fourth-order valence-electron chi connectivity index (χ4n) is 3.21. The minimum absolute atomic E-state index is 0.209. The zero-order valence-electron chi connectivity index (χ0n) is 14.3. The zero-order valence-corrected chi connectivity index (χ0v) is 15.8. The Labute approximate surface area is 138 Å². The molecule has 118 valence electrons. The topological polar surface area (TPSA) is 15.3 Å². The highest BCUT2D eigenvalue weighted by Crippen LogP contribution is 2.32. The molecule has 2 nitrogen and oxygen atoms in total. The van der Waals surface area contributed by atoms with Crippen molar-refractivity contribution < 1.29 is 0 Å². The lowest BCUT2D eigenvalue weighted by atomic mass is 9.89. The number of benzene rings is 1. The van der Waals surface area contributed by atoms with Crippen molar-refractivity contribution in [3.05, 3.63) is 27.7 Å². The first-order valence-corrected chi connectivity index (χ1v) is 8.85. The lowest BCUT2D eigenvalue weighted by Gasteiger charge is -2.49. The third-order valence-corrected chi connectivity index (χ3v) is 6.21. The summed E-state index contributed by atoms with van der Waals surface area (Å²) in [6, 6.07) is 5.21. The third-order valence-electron chi connectivity index (χ3n) is 4.96. The molecule has 1 aliphatic rings. The Kier molecular flexibility index (Phi) is 5.04.